The molecule has 0 aliphatic heterocycles. The third kappa shape index (κ3) is 6.44. The number of benzene rings is 3. The van der Waals surface area contributed by atoms with Gasteiger partial charge in [0.2, 0.25) is 0 Å². The Balaban J connectivity index is 1.65. The fourth-order valence-electron chi connectivity index (χ4n) is 2.65. The lowest BCUT2D eigenvalue weighted by Gasteiger charge is -2.08. The average molecular weight is 413 g/mol. The molecule has 0 radical (unpaired) electrons. The second-order valence-corrected chi connectivity index (χ2v) is 6.69. The topological polar surface area (TPSA) is 45.7 Å². The summed E-state index contributed by atoms with van der Waals surface area (Å²) in [6.45, 7) is 7.90. The summed E-state index contributed by atoms with van der Waals surface area (Å²) in [4.78, 5) is 0. The van der Waals surface area contributed by atoms with Gasteiger partial charge in [0, 0.05) is 12.7 Å². The number of rotatable bonds is 9. The molecule has 0 amide bonds. The molecule has 0 aliphatic rings. The average Bonchev–Trinajstić information content (AvgIpc) is 2.80. The number of hydrazone groups is 1. The molecule has 31 heavy (non-hydrogen) atoms. The molecule has 0 fully saturated rings. The van der Waals surface area contributed by atoms with Crippen LogP contribution in [0.15, 0.2) is 103 Å². The van der Waals surface area contributed by atoms with Crippen LogP contribution >= 0.6 is 0 Å². The normalized spacial score (nSPS) is 10.9. The first-order chi connectivity index (χ1) is 15.0. The number of halogens is 1. The Morgan fingerprint density at radius 2 is 1.77 bits per heavy atom. The van der Waals surface area contributed by atoms with Crippen LogP contribution in [0.5, 0.6) is 11.5 Å². The highest BCUT2D eigenvalue weighted by Gasteiger charge is 2.05. The molecule has 3 rings (SSSR count). The number of hydrogen-bond donors (Lipinski definition) is 2. The van der Waals surface area contributed by atoms with Crippen molar-refractivity contribution in [2.45, 2.75) is 0 Å². The molecule has 0 unspecified atom stereocenters. The number of para-hydroxylation sites is 1. The van der Waals surface area contributed by atoms with Gasteiger partial charge in [0.15, 0.2) is 11.6 Å². The monoisotopic (exact) mass is 413 g/mol. The van der Waals surface area contributed by atoms with Crippen molar-refractivity contribution in [3.8, 4) is 11.5 Å². The van der Waals surface area contributed by atoms with E-state index in [4.69, 9.17) is 4.74 Å². The molecule has 3 aromatic rings. The van der Waals surface area contributed by atoms with Crippen molar-refractivity contribution in [2.75, 3.05) is 7.05 Å². The van der Waals surface area contributed by atoms with Gasteiger partial charge in [-0.05, 0) is 53.1 Å². The molecule has 3 aromatic carbocycles. The van der Waals surface area contributed by atoms with E-state index >= 15 is 0 Å². The van der Waals surface area contributed by atoms with Gasteiger partial charge in [-0.2, -0.15) is 5.10 Å². The maximum absolute atomic E-state index is 14.1. The quantitative estimate of drug-likeness (QED) is 0.258. The van der Waals surface area contributed by atoms with Gasteiger partial charge < -0.3 is 10.1 Å². The van der Waals surface area contributed by atoms with Crippen LogP contribution in [-0.4, -0.2) is 13.3 Å². The molecule has 4 nitrogen and oxygen atoms in total. The van der Waals surface area contributed by atoms with Crippen LogP contribution in [0.25, 0.3) is 11.8 Å². The van der Waals surface area contributed by atoms with E-state index in [0.29, 0.717) is 17.0 Å². The van der Waals surface area contributed by atoms with Gasteiger partial charge in [0.25, 0.3) is 0 Å². The van der Waals surface area contributed by atoms with Crippen LogP contribution < -0.4 is 15.5 Å². The fourth-order valence-corrected chi connectivity index (χ4v) is 2.65. The predicted octanol–water partition coefficient (Wildman–Crippen LogP) is 5.96. The van der Waals surface area contributed by atoms with Crippen molar-refractivity contribution in [3.05, 3.63) is 120 Å². The van der Waals surface area contributed by atoms with Crippen molar-refractivity contribution in [3.63, 3.8) is 0 Å². The lowest BCUT2D eigenvalue weighted by Crippen LogP contribution is -2.04. The van der Waals surface area contributed by atoms with Crippen LogP contribution in [0, 0.1) is 5.82 Å². The summed E-state index contributed by atoms with van der Waals surface area (Å²) in [5.74, 6) is 0.259. The standard InChI is InChI=1S/C26H24FN3O/c1-19(28-3)12-13-21-8-7-9-23(16-21)20(2)30-29-18-22-14-15-25(27)26(17-22)31-24-10-5-4-6-11-24/h4-18,28,30H,1-2H2,3H3/b13-12+,29-18+. The zero-order valence-corrected chi connectivity index (χ0v) is 17.3. The lowest BCUT2D eigenvalue weighted by molar-refractivity contribution is 0.442. The maximum atomic E-state index is 14.1. The van der Waals surface area contributed by atoms with Crippen LogP contribution in [-0.2, 0) is 0 Å². The summed E-state index contributed by atoms with van der Waals surface area (Å²) in [6.07, 6.45) is 5.45. The summed E-state index contributed by atoms with van der Waals surface area (Å²) in [6, 6.07) is 21.5. The largest absolute Gasteiger partial charge is 0.454 e. The maximum Gasteiger partial charge on any atom is 0.165 e. The number of likely N-dealkylation sites (N-methyl/N-ethyl adjacent to an activating group) is 1. The van der Waals surface area contributed by atoms with Crippen LogP contribution in [0.1, 0.15) is 16.7 Å². The Kier molecular flexibility index (Phi) is 7.38. The lowest BCUT2D eigenvalue weighted by atomic mass is 10.1. The summed E-state index contributed by atoms with van der Waals surface area (Å²) in [5.41, 5.74) is 6.99. The van der Waals surface area contributed by atoms with E-state index in [9.17, 15) is 4.39 Å². The highest BCUT2D eigenvalue weighted by molar-refractivity contribution is 5.80. The summed E-state index contributed by atoms with van der Waals surface area (Å²) < 4.78 is 19.7. The number of hydrogen-bond acceptors (Lipinski definition) is 4. The minimum Gasteiger partial charge on any atom is -0.454 e. The molecule has 5 heteroatoms. The first-order valence-corrected chi connectivity index (χ1v) is 9.71. The van der Waals surface area contributed by atoms with Crippen LogP contribution in [0.4, 0.5) is 4.39 Å². The molecular formula is C26H24FN3O. The van der Waals surface area contributed by atoms with Gasteiger partial charge in [-0.25, -0.2) is 4.39 Å². The Hall–Kier alpha value is -4.12. The van der Waals surface area contributed by atoms with E-state index in [-0.39, 0.29) is 5.75 Å². The zero-order valence-electron chi connectivity index (χ0n) is 17.3. The van der Waals surface area contributed by atoms with Gasteiger partial charge >= 0.3 is 0 Å². The first-order valence-electron chi connectivity index (χ1n) is 9.71. The van der Waals surface area contributed by atoms with E-state index in [1.807, 2.05) is 61.7 Å². The molecule has 0 atom stereocenters. The number of nitrogens with zero attached hydrogens (tertiary/aromatic N) is 1. The summed E-state index contributed by atoms with van der Waals surface area (Å²) in [7, 11) is 1.82. The van der Waals surface area contributed by atoms with E-state index < -0.39 is 5.82 Å². The number of allylic oxidation sites excluding steroid dienone is 1. The fraction of sp³-hybridized carbons (Fsp3) is 0.0385. The van der Waals surface area contributed by atoms with Gasteiger partial charge in [-0.15, -0.1) is 0 Å². The number of nitrogens with one attached hydrogen (secondary N) is 2. The Morgan fingerprint density at radius 3 is 2.55 bits per heavy atom. The van der Waals surface area contributed by atoms with Crippen molar-refractivity contribution >= 4 is 18.0 Å². The van der Waals surface area contributed by atoms with Crippen molar-refractivity contribution < 1.29 is 9.13 Å². The van der Waals surface area contributed by atoms with E-state index in [1.54, 1.807) is 30.5 Å². The second-order valence-electron chi connectivity index (χ2n) is 6.69. The third-order valence-electron chi connectivity index (χ3n) is 4.37. The second kappa shape index (κ2) is 10.6. The Labute approximate surface area is 182 Å². The SMILES string of the molecule is C=C(/C=C/c1cccc(C(=C)N/N=C/c2ccc(F)c(Oc3ccccc3)c2)c1)NC. The minimum absolute atomic E-state index is 0.136. The minimum atomic E-state index is -0.441. The zero-order chi connectivity index (χ0) is 22.1. The molecule has 2 N–H and O–H groups in total. The molecule has 0 heterocycles. The van der Waals surface area contributed by atoms with Crippen molar-refractivity contribution in [2.24, 2.45) is 5.10 Å². The highest BCUT2D eigenvalue weighted by atomic mass is 19.1. The summed E-state index contributed by atoms with van der Waals surface area (Å²) >= 11 is 0. The van der Waals surface area contributed by atoms with Gasteiger partial charge in [-0.3, -0.25) is 5.43 Å². The first kappa shape index (κ1) is 21.6. The Bertz CT molecular complexity index is 1120. The third-order valence-corrected chi connectivity index (χ3v) is 4.37. The molecule has 0 saturated carbocycles. The van der Waals surface area contributed by atoms with Crippen molar-refractivity contribution in [1.82, 2.24) is 10.7 Å². The molecule has 0 aromatic heterocycles. The van der Waals surface area contributed by atoms with Gasteiger partial charge in [0.1, 0.15) is 5.75 Å². The molecule has 0 saturated heterocycles. The molecular weight excluding hydrogens is 389 g/mol. The highest BCUT2D eigenvalue weighted by Crippen LogP contribution is 2.25. The molecule has 0 spiro atoms. The smallest absolute Gasteiger partial charge is 0.165 e. The van der Waals surface area contributed by atoms with Gasteiger partial charge in [0.05, 0.1) is 11.9 Å². The molecule has 0 bridgehead atoms. The summed E-state index contributed by atoms with van der Waals surface area (Å²) in [5, 5.41) is 7.19. The van der Waals surface area contributed by atoms with Crippen LogP contribution in [0.3, 0.4) is 0 Å². The predicted molar refractivity (Wildman–Crippen MR) is 126 cm³/mol. The molecule has 0 aliphatic carbocycles. The number of ether oxygens (including phenoxy) is 1. The Morgan fingerprint density at radius 1 is 0.968 bits per heavy atom. The van der Waals surface area contributed by atoms with Crippen LogP contribution in [0.2, 0.25) is 0 Å². The molecule has 156 valence electrons. The van der Waals surface area contributed by atoms with Gasteiger partial charge in [-0.1, -0.05) is 61.7 Å². The van der Waals surface area contributed by atoms with E-state index in [1.165, 1.54) is 6.07 Å². The van der Waals surface area contributed by atoms with E-state index in [2.05, 4.69) is 29.0 Å². The van der Waals surface area contributed by atoms with E-state index in [0.717, 1.165) is 16.8 Å². The van der Waals surface area contributed by atoms with Crippen molar-refractivity contribution in [1.29, 1.82) is 0 Å².